The predicted molar refractivity (Wildman–Crippen MR) is 74.6 cm³/mol. The summed E-state index contributed by atoms with van der Waals surface area (Å²) < 4.78 is 2.38. The zero-order chi connectivity index (χ0) is 10.7. The van der Waals surface area contributed by atoms with Gasteiger partial charge in [0.1, 0.15) is 0 Å². The predicted octanol–water partition coefficient (Wildman–Crippen LogP) is 4.62. The van der Waals surface area contributed by atoms with Crippen LogP contribution in [-0.2, 0) is 13.1 Å². The fraction of sp³-hybridized carbons (Fsp3) is 0.200. The summed E-state index contributed by atoms with van der Waals surface area (Å²) in [7, 11) is 0. The Labute approximate surface area is 114 Å². The van der Waals surface area contributed by atoms with E-state index in [1.807, 2.05) is 0 Å². The molecule has 0 atom stereocenters. The Morgan fingerprint density at radius 3 is 1.73 bits per heavy atom. The van der Waals surface area contributed by atoms with E-state index in [4.69, 9.17) is 0 Å². The highest BCUT2D eigenvalue weighted by atomic mass is 79.9. The summed E-state index contributed by atoms with van der Waals surface area (Å²) in [6.07, 6.45) is 0. The summed E-state index contributed by atoms with van der Waals surface area (Å²) in [6.45, 7) is 1.85. The normalized spacial score (nSPS) is 10.8. The van der Waals surface area contributed by atoms with Gasteiger partial charge >= 0.3 is 0 Å². The van der Waals surface area contributed by atoms with Gasteiger partial charge in [-0.05, 0) is 65.9 Å². The van der Waals surface area contributed by atoms with Crippen molar-refractivity contribution in [1.29, 1.82) is 0 Å². The number of thiophene rings is 2. The van der Waals surface area contributed by atoms with Crippen LogP contribution in [0.1, 0.15) is 11.1 Å². The van der Waals surface area contributed by atoms with E-state index in [2.05, 4.69) is 60.1 Å². The van der Waals surface area contributed by atoms with Crippen LogP contribution in [0.5, 0.6) is 0 Å². The van der Waals surface area contributed by atoms with Crippen molar-refractivity contribution in [3.05, 3.63) is 41.6 Å². The van der Waals surface area contributed by atoms with Crippen molar-refractivity contribution in [2.45, 2.75) is 13.1 Å². The minimum absolute atomic E-state index is 0.926. The van der Waals surface area contributed by atoms with Crippen LogP contribution >= 0.6 is 54.5 Å². The Hall–Kier alpha value is 0.320. The van der Waals surface area contributed by atoms with Crippen LogP contribution in [0.2, 0.25) is 0 Å². The van der Waals surface area contributed by atoms with Crippen LogP contribution < -0.4 is 5.32 Å². The average Bonchev–Trinajstić information content (AvgIpc) is 2.76. The molecule has 80 valence electrons. The van der Waals surface area contributed by atoms with E-state index < -0.39 is 0 Å². The molecule has 0 amide bonds. The molecule has 0 bridgehead atoms. The highest BCUT2D eigenvalue weighted by molar-refractivity contribution is 9.11. The number of rotatable bonds is 4. The van der Waals surface area contributed by atoms with E-state index in [0.717, 1.165) is 13.1 Å². The third kappa shape index (κ3) is 3.67. The van der Waals surface area contributed by atoms with Crippen molar-refractivity contribution < 1.29 is 0 Å². The van der Waals surface area contributed by atoms with Crippen LogP contribution in [0.15, 0.2) is 30.5 Å². The van der Waals surface area contributed by atoms with E-state index >= 15 is 0 Å². The van der Waals surface area contributed by atoms with Crippen molar-refractivity contribution in [3.63, 3.8) is 0 Å². The van der Waals surface area contributed by atoms with Gasteiger partial charge in [-0.15, -0.1) is 22.7 Å². The summed E-state index contributed by atoms with van der Waals surface area (Å²) in [4.78, 5) is 0. The Bertz CT molecular complexity index is 396. The molecule has 0 saturated carbocycles. The first-order valence-electron chi connectivity index (χ1n) is 4.40. The standard InChI is InChI=1S/C10H9Br2NS2/c11-9-1-7(5-14-9)3-13-4-8-2-10(12)15-6-8/h1-2,5-6,13H,3-4H2. The van der Waals surface area contributed by atoms with Gasteiger partial charge in [0.25, 0.3) is 0 Å². The molecule has 0 unspecified atom stereocenters. The molecule has 2 aromatic rings. The second-order valence-electron chi connectivity index (χ2n) is 3.12. The molecule has 0 aliphatic rings. The number of halogens is 2. The van der Waals surface area contributed by atoms with Crippen molar-refractivity contribution in [2.75, 3.05) is 0 Å². The maximum absolute atomic E-state index is 3.46. The van der Waals surface area contributed by atoms with E-state index in [0.29, 0.717) is 0 Å². The van der Waals surface area contributed by atoms with E-state index in [9.17, 15) is 0 Å². The second-order valence-corrected chi connectivity index (χ2v) is 7.70. The van der Waals surface area contributed by atoms with Crippen LogP contribution in [0.4, 0.5) is 0 Å². The highest BCUT2D eigenvalue weighted by Gasteiger charge is 1.99. The van der Waals surface area contributed by atoms with Crippen LogP contribution in [0.3, 0.4) is 0 Å². The molecular formula is C10H9Br2NS2. The maximum atomic E-state index is 3.46. The molecular weight excluding hydrogens is 358 g/mol. The molecule has 2 heterocycles. The summed E-state index contributed by atoms with van der Waals surface area (Å²) in [5, 5.41) is 7.75. The molecule has 15 heavy (non-hydrogen) atoms. The van der Waals surface area contributed by atoms with Crippen molar-refractivity contribution >= 4 is 54.5 Å². The molecule has 1 nitrogen and oxygen atoms in total. The third-order valence-electron chi connectivity index (χ3n) is 1.90. The molecule has 0 aromatic carbocycles. The lowest BCUT2D eigenvalue weighted by atomic mass is 10.3. The number of hydrogen-bond donors (Lipinski definition) is 1. The topological polar surface area (TPSA) is 12.0 Å². The molecule has 2 aromatic heterocycles. The van der Waals surface area contributed by atoms with E-state index in [1.165, 1.54) is 18.7 Å². The van der Waals surface area contributed by atoms with E-state index in [1.54, 1.807) is 22.7 Å². The molecule has 0 spiro atoms. The zero-order valence-corrected chi connectivity index (χ0v) is 12.6. The van der Waals surface area contributed by atoms with Gasteiger partial charge in [-0.25, -0.2) is 0 Å². The fourth-order valence-corrected chi connectivity index (χ4v) is 3.65. The van der Waals surface area contributed by atoms with Gasteiger partial charge < -0.3 is 5.32 Å². The summed E-state index contributed by atoms with van der Waals surface area (Å²) in [5.41, 5.74) is 2.67. The summed E-state index contributed by atoms with van der Waals surface area (Å²) >= 11 is 10.4. The molecule has 0 radical (unpaired) electrons. The van der Waals surface area contributed by atoms with Crippen molar-refractivity contribution in [3.8, 4) is 0 Å². The SMILES string of the molecule is Brc1cc(CNCc2csc(Br)c2)cs1. The van der Waals surface area contributed by atoms with Crippen LogP contribution in [0, 0.1) is 0 Å². The first kappa shape index (κ1) is 11.8. The third-order valence-corrected chi connectivity index (χ3v) is 5.01. The lowest BCUT2D eigenvalue weighted by molar-refractivity contribution is 0.696. The highest BCUT2D eigenvalue weighted by Crippen LogP contribution is 2.22. The quantitative estimate of drug-likeness (QED) is 0.832. The Morgan fingerprint density at radius 2 is 1.40 bits per heavy atom. The molecule has 0 aliphatic carbocycles. The summed E-state index contributed by atoms with van der Waals surface area (Å²) in [5.74, 6) is 0. The van der Waals surface area contributed by atoms with Crippen LogP contribution in [-0.4, -0.2) is 0 Å². The van der Waals surface area contributed by atoms with Crippen LogP contribution in [0.25, 0.3) is 0 Å². The minimum Gasteiger partial charge on any atom is -0.309 e. The minimum atomic E-state index is 0.926. The largest absolute Gasteiger partial charge is 0.309 e. The lowest BCUT2D eigenvalue weighted by Gasteiger charge is -2.00. The van der Waals surface area contributed by atoms with Gasteiger partial charge in [0.2, 0.25) is 0 Å². The van der Waals surface area contributed by atoms with Gasteiger partial charge in [0, 0.05) is 13.1 Å². The Balaban J connectivity index is 1.80. The molecule has 0 aliphatic heterocycles. The first-order chi connectivity index (χ1) is 7.24. The Kier molecular flexibility index (Phi) is 4.40. The molecule has 0 fully saturated rings. The molecule has 2 rings (SSSR count). The van der Waals surface area contributed by atoms with Crippen molar-refractivity contribution in [2.24, 2.45) is 0 Å². The Morgan fingerprint density at radius 1 is 0.933 bits per heavy atom. The monoisotopic (exact) mass is 365 g/mol. The van der Waals surface area contributed by atoms with Gasteiger partial charge in [-0.2, -0.15) is 0 Å². The molecule has 5 heteroatoms. The number of nitrogens with one attached hydrogen (secondary N) is 1. The van der Waals surface area contributed by atoms with Gasteiger partial charge in [0.05, 0.1) is 7.57 Å². The molecule has 1 N–H and O–H groups in total. The molecule has 0 saturated heterocycles. The fourth-order valence-electron chi connectivity index (χ4n) is 1.23. The smallest absolute Gasteiger partial charge is 0.0701 e. The van der Waals surface area contributed by atoms with Gasteiger partial charge in [0.15, 0.2) is 0 Å². The van der Waals surface area contributed by atoms with Gasteiger partial charge in [-0.1, -0.05) is 0 Å². The lowest BCUT2D eigenvalue weighted by Crippen LogP contribution is -2.11. The van der Waals surface area contributed by atoms with E-state index in [-0.39, 0.29) is 0 Å². The van der Waals surface area contributed by atoms with Crippen molar-refractivity contribution in [1.82, 2.24) is 5.32 Å². The van der Waals surface area contributed by atoms with Gasteiger partial charge in [-0.3, -0.25) is 0 Å². The second kappa shape index (κ2) is 5.59. The maximum Gasteiger partial charge on any atom is 0.0701 e. The average molecular weight is 367 g/mol. The summed E-state index contributed by atoms with van der Waals surface area (Å²) in [6, 6.07) is 4.31. The zero-order valence-electron chi connectivity index (χ0n) is 7.80. The number of hydrogen-bond acceptors (Lipinski definition) is 3. The first-order valence-corrected chi connectivity index (χ1v) is 7.75.